The Hall–Kier alpha value is -1.67. The molecule has 0 unspecified atom stereocenters. The lowest BCUT2D eigenvalue weighted by Crippen LogP contribution is -1.99. The molecular formula is C6H6O7S. The first-order valence-corrected chi connectivity index (χ1v) is 4.63. The predicted octanol–water partition coefficient (Wildman–Crippen LogP) is -0.244. The third-order valence-corrected chi connectivity index (χ3v) is 2.36. The van der Waals surface area contributed by atoms with Crippen LogP contribution in [0.2, 0.25) is 0 Å². The van der Waals surface area contributed by atoms with Crippen LogP contribution in [0, 0.1) is 0 Å². The Morgan fingerprint density at radius 3 is 1.86 bits per heavy atom. The van der Waals surface area contributed by atoms with E-state index in [1.54, 1.807) is 0 Å². The van der Waals surface area contributed by atoms with E-state index in [0.29, 0.717) is 6.07 Å². The molecule has 1 rings (SSSR count). The minimum absolute atomic E-state index is 0.470. The lowest BCUT2D eigenvalue weighted by molar-refractivity contribution is 0.346. The van der Waals surface area contributed by atoms with Crippen molar-refractivity contribution >= 4 is 10.1 Å². The maximum atomic E-state index is 10.6. The molecule has 1 aromatic rings. The van der Waals surface area contributed by atoms with E-state index in [2.05, 4.69) is 0 Å². The second-order valence-electron chi connectivity index (χ2n) is 2.42. The monoisotopic (exact) mass is 222 g/mol. The van der Waals surface area contributed by atoms with Gasteiger partial charge in [0.15, 0.2) is 16.4 Å². The molecule has 0 bridgehead atoms. The molecule has 0 aliphatic carbocycles. The van der Waals surface area contributed by atoms with E-state index in [4.69, 9.17) is 25.0 Å². The number of aromatic hydroxyl groups is 4. The van der Waals surface area contributed by atoms with Crippen molar-refractivity contribution in [1.29, 1.82) is 0 Å². The zero-order valence-electron chi connectivity index (χ0n) is 6.54. The molecule has 0 fully saturated rings. The van der Waals surface area contributed by atoms with Crippen LogP contribution in [-0.2, 0) is 10.1 Å². The van der Waals surface area contributed by atoms with Crippen molar-refractivity contribution in [3.63, 3.8) is 0 Å². The zero-order valence-corrected chi connectivity index (χ0v) is 7.35. The normalized spacial score (nSPS) is 11.5. The first-order chi connectivity index (χ1) is 6.25. The Balaban J connectivity index is 3.70. The second kappa shape index (κ2) is 2.93. The summed E-state index contributed by atoms with van der Waals surface area (Å²) in [6.45, 7) is 0. The van der Waals surface area contributed by atoms with Crippen molar-refractivity contribution in [3.8, 4) is 23.0 Å². The number of phenols is 4. The smallest absolute Gasteiger partial charge is 0.302 e. The van der Waals surface area contributed by atoms with Crippen LogP contribution in [0.15, 0.2) is 11.0 Å². The maximum Gasteiger partial charge on any atom is 0.302 e. The highest BCUT2D eigenvalue weighted by Gasteiger charge is 2.25. The minimum Gasteiger partial charge on any atom is -0.506 e. The van der Waals surface area contributed by atoms with Crippen LogP contribution in [-0.4, -0.2) is 33.4 Å². The van der Waals surface area contributed by atoms with Crippen molar-refractivity contribution in [2.24, 2.45) is 0 Å². The molecule has 0 aliphatic heterocycles. The van der Waals surface area contributed by atoms with Crippen molar-refractivity contribution in [2.75, 3.05) is 0 Å². The van der Waals surface area contributed by atoms with Crippen molar-refractivity contribution in [3.05, 3.63) is 6.07 Å². The fourth-order valence-corrected chi connectivity index (χ4v) is 1.53. The van der Waals surface area contributed by atoms with Crippen LogP contribution in [0.1, 0.15) is 0 Å². The Kier molecular flexibility index (Phi) is 2.18. The summed E-state index contributed by atoms with van der Waals surface area (Å²) in [4.78, 5) is -1.26. The average Bonchev–Trinajstić information content (AvgIpc) is 1.97. The van der Waals surface area contributed by atoms with Gasteiger partial charge < -0.3 is 20.4 Å². The molecule has 0 aromatic heterocycles. The summed E-state index contributed by atoms with van der Waals surface area (Å²) in [6, 6.07) is 0.470. The topological polar surface area (TPSA) is 135 Å². The Morgan fingerprint density at radius 1 is 0.929 bits per heavy atom. The molecular weight excluding hydrogens is 216 g/mol. The molecule has 7 nitrogen and oxygen atoms in total. The summed E-state index contributed by atoms with van der Waals surface area (Å²) in [5, 5.41) is 35.7. The highest BCUT2D eigenvalue weighted by Crippen LogP contribution is 2.44. The lowest BCUT2D eigenvalue weighted by Gasteiger charge is -2.06. The van der Waals surface area contributed by atoms with E-state index >= 15 is 0 Å². The quantitative estimate of drug-likeness (QED) is 0.251. The van der Waals surface area contributed by atoms with Crippen molar-refractivity contribution < 1.29 is 33.4 Å². The largest absolute Gasteiger partial charge is 0.506 e. The summed E-state index contributed by atoms with van der Waals surface area (Å²) in [5.41, 5.74) is 0. The van der Waals surface area contributed by atoms with Crippen LogP contribution in [0.25, 0.3) is 0 Å². The highest BCUT2D eigenvalue weighted by molar-refractivity contribution is 7.86. The van der Waals surface area contributed by atoms with E-state index in [9.17, 15) is 8.42 Å². The fourth-order valence-electron chi connectivity index (χ4n) is 0.868. The molecule has 5 N–H and O–H groups in total. The Morgan fingerprint density at radius 2 is 1.43 bits per heavy atom. The third kappa shape index (κ3) is 1.52. The predicted molar refractivity (Wildman–Crippen MR) is 42.9 cm³/mol. The molecule has 0 atom stereocenters. The Labute approximate surface area is 78.2 Å². The first-order valence-electron chi connectivity index (χ1n) is 3.19. The molecule has 0 radical (unpaired) electrons. The Bertz CT molecular complexity index is 475. The number of phenolic OH excluding ortho intramolecular Hbond substituents is 4. The van der Waals surface area contributed by atoms with E-state index in [0.717, 1.165) is 0 Å². The number of hydrogen-bond donors (Lipinski definition) is 5. The molecule has 0 saturated heterocycles. The lowest BCUT2D eigenvalue weighted by atomic mass is 10.3. The van der Waals surface area contributed by atoms with Gasteiger partial charge in [-0.1, -0.05) is 0 Å². The van der Waals surface area contributed by atoms with Gasteiger partial charge in [-0.15, -0.1) is 0 Å². The molecule has 78 valence electrons. The summed E-state index contributed by atoms with van der Waals surface area (Å²) < 4.78 is 29.7. The SMILES string of the molecule is O=S(=O)(O)c1c(O)cc(O)c(O)c1O. The summed E-state index contributed by atoms with van der Waals surface area (Å²) in [6.07, 6.45) is 0. The van der Waals surface area contributed by atoms with Gasteiger partial charge in [-0.25, -0.2) is 0 Å². The van der Waals surface area contributed by atoms with Gasteiger partial charge in [-0.3, -0.25) is 4.55 Å². The molecule has 0 spiro atoms. The standard InChI is InChI=1S/C6H6O7S/c7-2-1-3(8)6(14(11,12)13)5(10)4(2)9/h1,7-10H,(H,11,12,13). The number of benzene rings is 1. The number of rotatable bonds is 1. The summed E-state index contributed by atoms with van der Waals surface area (Å²) in [5.74, 6) is -4.44. The maximum absolute atomic E-state index is 10.6. The summed E-state index contributed by atoms with van der Waals surface area (Å²) in [7, 11) is -4.87. The van der Waals surface area contributed by atoms with Gasteiger partial charge in [0.1, 0.15) is 5.75 Å². The highest BCUT2D eigenvalue weighted by atomic mass is 32.2. The first kappa shape index (κ1) is 10.4. The van der Waals surface area contributed by atoms with Crippen LogP contribution in [0.3, 0.4) is 0 Å². The van der Waals surface area contributed by atoms with Gasteiger partial charge in [0.25, 0.3) is 0 Å². The van der Waals surface area contributed by atoms with E-state index < -0.39 is 38.0 Å². The van der Waals surface area contributed by atoms with Crippen LogP contribution >= 0.6 is 0 Å². The zero-order chi connectivity index (χ0) is 11.1. The van der Waals surface area contributed by atoms with Gasteiger partial charge in [-0.2, -0.15) is 8.42 Å². The number of hydrogen-bond acceptors (Lipinski definition) is 6. The minimum atomic E-state index is -4.87. The van der Waals surface area contributed by atoms with E-state index in [-0.39, 0.29) is 0 Å². The molecule has 0 aliphatic rings. The second-order valence-corrected chi connectivity index (χ2v) is 3.77. The molecule has 0 saturated carbocycles. The molecule has 8 heteroatoms. The van der Waals surface area contributed by atoms with Crippen molar-refractivity contribution in [1.82, 2.24) is 0 Å². The van der Waals surface area contributed by atoms with E-state index in [1.165, 1.54) is 0 Å². The fraction of sp³-hybridized carbons (Fsp3) is 0. The molecule has 14 heavy (non-hydrogen) atoms. The third-order valence-electron chi connectivity index (χ3n) is 1.45. The van der Waals surface area contributed by atoms with Crippen LogP contribution < -0.4 is 0 Å². The molecule has 1 aromatic carbocycles. The van der Waals surface area contributed by atoms with Gasteiger partial charge in [0.05, 0.1) is 0 Å². The van der Waals surface area contributed by atoms with Gasteiger partial charge in [-0.05, 0) is 0 Å². The summed E-state index contributed by atoms with van der Waals surface area (Å²) >= 11 is 0. The average molecular weight is 222 g/mol. The van der Waals surface area contributed by atoms with Gasteiger partial charge in [0.2, 0.25) is 5.75 Å². The van der Waals surface area contributed by atoms with Gasteiger partial charge in [0, 0.05) is 6.07 Å². The van der Waals surface area contributed by atoms with Gasteiger partial charge >= 0.3 is 10.1 Å². The van der Waals surface area contributed by atoms with Crippen molar-refractivity contribution in [2.45, 2.75) is 4.90 Å². The molecule has 0 heterocycles. The molecule has 0 amide bonds. The van der Waals surface area contributed by atoms with Crippen LogP contribution in [0.5, 0.6) is 23.0 Å². The van der Waals surface area contributed by atoms with E-state index in [1.807, 2.05) is 0 Å². The van der Waals surface area contributed by atoms with Crippen LogP contribution in [0.4, 0.5) is 0 Å².